The van der Waals surface area contributed by atoms with Gasteiger partial charge >= 0.3 is 0 Å². The summed E-state index contributed by atoms with van der Waals surface area (Å²) in [7, 11) is -3.42. The standard InChI is InChI=1S/C5H14N2O3S/c1-4(2)7-11(9,10)5(3)6-8/h4-8H,1-3H3. The SMILES string of the molecule is CC(C)NS(=O)(=O)C(C)NO. The first kappa shape index (κ1) is 10.8. The summed E-state index contributed by atoms with van der Waals surface area (Å²) >= 11 is 0. The summed E-state index contributed by atoms with van der Waals surface area (Å²) in [6.45, 7) is 4.77. The first-order chi connectivity index (χ1) is 4.90. The fourth-order valence-electron chi connectivity index (χ4n) is 0.500. The zero-order valence-electron chi connectivity index (χ0n) is 6.83. The topological polar surface area (TPSA) is 78.4 Å². The van der Waals surface area contributed by atoms with Gasteiger partial charge in [-0.25, -0.2) is 13.1 Å². The Hall–Kier alpha value is -0.170. The molecule has 3 N–H and O–H groups in total. The second-order valence-corrected chi connectivity index (χ2v) is 4.62. The predicted octanol–water partition coefficient (Wildman–Crippen LogP) is -0.361. The molecule has 0 heterocycles. The maximum Gasteiger partial charge on any atom is 0.229 e. The van der Waals surface area contributed by atoms with E-state index in [0.29, 0.717) is 0 Å². The second-order valence-electron chi connectivity index (χ2n) is 2.59. The van der Waals surface area contributed by atoms with E-state index >= 15 is 0 Å². The van der Waals surface area contributed by atoms with E-state index in [0.717, 1.165) is 0 Å². The van der Waals surface area contributed by atoms with Crippen LogP contribution in [0.4, 0.5) is 0 Å². The van der Waals surface area contributed by atoms with Crippen LogP contribution in [-0.2, 0) is 10.0 Å². The highest BCUT2D eigenvalue weighted by Gasteiger charge is 2.19. The van der Waals surface area contributed by atoms with Crippen molar-refractivity contribution in [1.82, 2.24) is 10.2 Å². The summed E-state index contributed by atoms with van der Waals surface area (Å²) in [6, 6.07) is -0.157. The highest BCUT2D eigenvalue weighted by molar-refractivity contribution is 7.90. The van der Waals surface area contributed by atoms with Gasteiger partial charge in [0.25, 0.3) is 0 Å². The van der Waals surface area contributed by atoms with Crippen LogP contribution in [0.15, 0.2) is 0 Å². The van der Waals surface area contributed by atoms with Crippen LogP contribution in [0.1, 0.15) is 20.8 Å². The van der Waals surface area contributed by atoms with Gasteiger partial charge in [-0.2, -0.15) is 5.48 Å². The molecule has 0 aliphatic carbocycles. The third kappa shape index (κ3) is 3.66. The van der Waals surface area contributed by atoms with Gasteiger partial charge in [0.2, 0.25) is 10.0 Å². The molecule has 6 heteroatoms. The molecule has 0 aromatic carbocycles. The van der Waals surface area contributed by atoms with Gasteiger partial charge in [0.05, 0.1) is 0 Å². The van der Waals surface area contributed by atoms with Crippen LogP contribution in [0, 0.1) is 0 Å². The number of hydroxylamine groups is 1. The third-order valence-corrected chi connectivity index (χ3v) is 2.88. The molecule has 1 atom stereocenters. The van der Waals surface area contributed by atoms with Crippen LogP contribution in [0.2, 0.25) is 0 Å². The van der Waals surface area contributed by atoms with Crippen molar-refractivity contribution >= 4 is 10.0 Å². The monoisotopic (exact) mass is 182 g/mol. The Morgan fingerprint density at radius 2 is 1.73 bits per heavy atom. The van der Waals surface area contributed by atoms with Crippen LogP contribution in [-0.4, -0.2) is 25.0 Å². The average Bonchev–Trinajstić information content (AvgIpc) is 1.83. The Kier molecular flexibility index (Phi) is 3.95. The van der Waals surface area contributed by atoms with E-state index in [9.17, 15) is 8.42 Å². The molecule has 68 valence electrons. The fourth-order valence-corrected chi connectivity index (χ4v) is 1.50. The summed E-state index contributed by atoms with van der Waals surface area (Å²) in [5.74, 6) is 0. The lowest BCUT2D eigenvalue weighted by Crippen LogP contribution is -2.43. The van der Waals surface area contributed by atoms with Crippen LogP contribution in [0.3, 0.4) is 0 Å². The van der Waals surface area contributed by atoms with E-state index in [1.165, 1.54) is 6.92 Å². The molecule has 0 saturated heterocycles. The largest absolute Gasteiger partial charge is 0.316 e. The molecule has 0 saturated carbocycles. The molecule has 0 rings (SSSR count). The first-order valence-corrected chi connectivity index (χ1v) is 4.85. The van der Waals surface area contributed by atoms with E-state index in [1.807, 2.05) is 0 Å². The van der Waals surface area contributed by atoms with Gasteiger partial charge in [-0.1, -0.05) is 0 Å². The Morgan fingerprint density at radius 1 is 1.27 bits per heavy atom. The highest BCUT2D eigenvalue weighted by Crippen LogP contribution is 1.94. The summed E-state index contributed by atoms with van der Waals surface area (Å²) in [4.78, 5) is 0. The highest BCUT2D eigenvalue weighted by atomic mass is 32.2. The van der Waals surface area contributed by atoms with Crippen LogP contribution in [0.5, 0.6) is 0 Å². The van der Waals surface area contributed by atoms with Crippen molar-refractivity contribution in [3.05, 3.63) is 0 Å². The molecule has 0 radical (unpaired) electrons. The van der Waals surface area contributed by atoms with Gasteiger partial charge in [-0.15, -0.1) is 0 Å². The van der Waals surface area contributed by atoms with E-state index in [2.05, 4.69) is 4.72 Å². The van der Waals surface area contributed by atoms with E-state index in [1.54, 1.807) is 19.3 Å². The van der Waals surface area contributed by atoms with Crippen molar-refractivity contribution in [2.24, 2.45) is 0 Å². The zero-order chi connectivity index (χ0) is 9.07. The van der Waals surface area contributed by atoms with Gasteiger partial charge in [-0.05, 0) is 20.8 Å². The second kappa shape index (κ2) is 4.01. The van der Waals surface area contributed by atoms with Crippen LogP contribution in [0.25, 0.3) is 0 Å². The molecule has 0 amide bonds. The number of rotatable bonds is 4. The van der Waals surface area contributed by atoms with Gasteiger partial charge in [0.1, 0.15) is 5.37 Å². The lowest BCUT2D eigenvalue weighted by Gasteiger charge is -2.13. The van der Waals surface area contributed by atoms with Gasteiger partial charge in [-0.3, -0.25) is 0 Å². The normalized spacial score (nSPS) is 15.4. The zero-order valence-corrected chi connectivity index (χ0v) is 7.64. The van der Waals surface area contributed by atoms with Crippen molar-refractivity contribution in [3.63, 3.8) is 0 Å². The van der Waals surface area contributed by atoms with Crippen molar-refractivity contribution in [2.45, 2.75) is 32.2 Å². The molecule has 5 nitrogen and oxygen atoms in total. The Morgan fingerprint density at radius 3 is 2.00 bits per heavy atom. The lowest BCUT2D eigenvalue weighted by atomic mass is 10.4. The van der Waals surface area contributed by atoms with E-state index < -0.39 is 15.4 Å². The van der Waals surface area contributed by atoms with E-state index in [-0.39, 0.29) is 6.04 Å². The molecule has 0 aliphatic rings. The third-order valence-electron chi connectivity index (χ3n) is 1.05. The Bertz CT molecular complexity index is 200. The minimum atomic E-state index is -3.42. The van der Waals surface area contributed by atoms with Crippen molar-refractivity contribution in [2.75, 3.05) is 0 Å². The van der Waals surface area contributed by atoms with Gasteiger partial charge in [0, 0.05) is 6.04 Å². The van der Waals surface area contributed by atoms with Crippen molar-refractivity contribution < 1.29 is 13.6 Å². The summed E-state index contributed by atoms with van der Waals surface area (Å²) in [5.41, 5.74) is 1.66. The first-order valence-electron chi connectivity index (χ1n) is 3.31. The molecule has 1 unspecified atom stereocenters. The molecular formula is C5H14N2O3S. The summed E-state index contributed by atoms with van der Waals surface area (Å²) in [5, 5.41) is 7.33. The number of nitrogens with one attached hydrogen (secondary N) is 2. The maximum absolute atomic E-state index is 11.0. The van der Waals surface area contributed by atoms with Gasteiger partial charge < -0.3 is 5.21 Å². The van der Waals surface area contributed by atoms with Crippen LogP contribution < -0.4 is 10.2 Å². The quantitative estimate of drug-likeness (QED) is 0.519. The molecule has 0 aromatic heterocycles. The number of hydrogen-bond acceptors (Lipinski definition) is 4. The molecule has 11 heavy (non-hydrogen) atoms. The maximum atomic E-state index is 11.0. The number of hydrogen-bond donors (Lipinski definition) is 3. The van der Waals surface area contributed by atoms with E-state index in [4.69, 9.17) is 5.21 Å². The minimum Gasteiger partial charge on any atom is -0.316 e. The van der Waals surface area contributed by atoms with Gasteiger partial charge in [0.15, 0.2) is 0 Å². The molecule has 0 fully saturated rings. The Balaban J connectivity index is 4.23. The molecular weight excluding hydrogens is 168 g/mol. The predicted molar refractivity (Wildman–Crippen MR) is 41.6 cm³/mol. The molecule has 0 aliphatic heterocycles. The molecule has 0 aromatic rings. The Labute approximate surface area is 66.8 Å². The van der Waals surface area contributed by atoms with Crippen molar-refractivity contribution in [3.8, 4) is 0 Å². The molecule has 0 spiro atoms. The van der Waals surface area contributed by atoms with Crippen molar-refractivity contribution in [1.29, 1.82) is 0 Å². The number of sulfonamides is 1. The smallest absolute Gasteiger partial charge is 0.229 e. The summed E-state index contributed by atoms with van der Waals surface area (Å²) in [6.07, 6.45) is 0. The van der Waals surface area contributed by atoms with Crippen LogP contribution >= 0.6 is 0 Å². The summed E-state index contributed by atoms with van der Waals surface area (Å²) < 4.78 is 24.4. The lowest BCUT2D eigenvalue weighted by molar-refractivity contribution is 0.158. The fraction of sp³-hybridized carbons (Fsp3) is 1.00. The molecule has 0 bridgehead atoms. The average molecular weight is 182 g/mol. The minimum absolute atomic E-state index is 0.157.